The van der Waals surface area contributed by atoms with Crippen molar-refractivity contribution in [2.24, 2.45) is 0 Å². The number of aromatic nitrogens is 2. The number of benzene rings is 1. The topological polar surface area (TPSA) is 73.3 Å². The van der Waals surface area contributed by atoms with Crippen molar-refractivity contribution in [3.05, 3.63) is 50.0 Å². The third-order valence-corrected chi connectivity index (χ3v) is 4.76. The molecule has 25 heavy (non-hydrogen) atoms. The fraction of sp³-hybridized carbons (Fsp3) is 0.312. The minimum Gasteiger partial charge on any atom is -0.464 e. The van der Waals surface area contributed by atoms with Crippen molar-refractivity contribution >= 4 is 47.4 Å². The first-order valence-corrected chi connectivity index (χ1v) is 8.48. The normalized spacial score (nSPS) is 11.9. The Labute approximate surface area is 159 Å². The first kappa shape index (κ1) is 19.5. The highest BCUT2D eigenvalue weighted by Crippen LogP contribution is 2.31. The van der Waals surface area contributed by atoms with E-state index in [9.17, 15) is 9.59 Å². The van der Waals surface area contributed by atoms with E-state index in [-0.39, 0.29) is 22.2 Å². The maximum Gasteiger partial charge on any atom is 0.357 e. The summed E-state index contributed by atoms with van der Waals surface area (Å²) in [5, 5.41) is 0.800. The molecule has 0 bridgehead atoms. The average Bonchev–Trinajstić information content (AvgIpc) is 2.94. The number of halogens is 2. The summed E-state index contributed by atoms with van der Waals surface area (Å²) in [6, 6.07) is 4.80. The smallest absolute Gasteiger partial charge is 0.357 e. The molecule has 1 aromatic heterocycles. The molecule has 0 saturated heterocycles. The van der Waals surface area contributed by atoms with Crippen molar-refractivity contribution in [1.82, 2.24) is 9.55 Å². The van der Waals surface area contributed by atoms with Crippen LogP contribution in [-0.4, -0.2) is 35.7 Å². The molecular weight excluding hydrogens is 387 g/mol. The molecule has 9 heteroatoms. The van der Waals surface area contributed by atoms with E-state index in [0.29, 0.717) is 16.5 Å². The standard InChI is InChI=1S/C16H16Cl2N2O4S/c1-4-11(8-5-6-9(17)10(18)7-8)20-13(15(22)24-3)12(14(21)23-2)19-16(20)25/h5-7,11H,4H2,1-3H3,(H,19,25)/t11-/m0/s1. The number of carbonyl (C=O) groups is 2. The molecule has 0 spiro atoms. The van der Waals surface area contributed by atoms with Crippen LogP contribution in [0, 0.1) is 4.77 Å². The molecule has 6 nitrogen and oxygen atoms in total. The molecule has 134 valence electrons. The molecule has 1 heterocycles. The minimum atomic E-state index is -0.714. The van der Waals surface area contributed by atoms with Crippen LogP contribution in [0.1, 0.15) is 45.9 Å². The summed E-state index contributed by atoms with van der Waals surface area (Å²) in [4.78, 5) is 27.0. The van der Waals surface area contributed by atoms with Crippen LogP contribution in [0.15, 0.2) is 18.2 Å². The quantitative estimate of drug-likeness (QED) is 0.591. The highest BCUT2D eigenvalue weighted by molar-refractivity contribution is 7.71. The van der Waals surface area contributed by atoms with E-state index in [2.05, 4.69) is 4.98 Å². The van der Waals surface area contributed by atoms with E-state index in [1.807, 2.05) is 6.92 Å². The van der Waals surface area contributed by atoms with Crippen LogP contribution in [0.4, 0.5) is 0 Å². The van der Waals surface area contributed by atoms with Crippen LogP contribution in [0.2, 0.25) is 10.0 Å². The SMILES string of the molecule is CC[C@@H](c1ccc(Cl)c(Cl)c1)n1c(C(=O)OC)c(C(=O)OC)[nH]c1=S. The number of imidazole rings is 1. The van der Waals surface area contributed by atoms with Gasteiger partial charge >= 0.3 is 11.9 Å². The molecule has 0 aliphatic heterocycles. The van der Waals surface area contributed by atoms with Crippen LogP contribution in [0.5, 0.6) is 0 Å². The van der Waals surface area contributed by atoms with Crippen molar-refractivity contribution in [2.75, 3.05) is 14.2 Å². The molecule has 0 amide bonds. The van der Waals surface area contributed by atoms with Gasteiger partial charge in [-0.25, -0.2) is 9.59 Å². The molecule has 0 fully saturated rings. The second-order valence-electron chi connectivity index (χ2n) is 5.10. The molecule has 0 aliphatic rings. The summed E-state index contributed by atoms with van der Waals surface area (Å²) in [7, 11) is 2.44. The molecule has 0 saturated carbocycles. The number of rotatable bonds is 5. The Kier molecular flexibility index (Phi) is 6.26. The maximum absolute atomic E-state index is 12.3. The molecule has 1 aromatic carbocycles. The number of aromatic amines is 1. The largest absolute Gasteiger partial charge is 0.464 e. The molecule has 1 N–H and O–H groups in total. The van der Waals surface area contributed by atoms with Gasteiger partial charge in [-0.2, -0.15) is 0 Å². The molecule has 0 unspecified atom stereocenters. The Morgan fingerprint density at radius 1 is 1.20 bits per heavy atom. The van der Waals surface area contributed by atoms with Gasteiger partial charge in [0.25, 0.3) is 0 Å². The Morgan fingerprint density at radius 3 is 2.36 bits per heavy atom. The van der Waals surface area contributed by atoms with Crippen LogP contribution in [-0.2, 0) is 9.47 Å². The van der Waals surface area contributed by atoms with Gasteiger partial charge in [0.05, 0.1) is 30.3 Å². The highest BCUT2D eigenvalue weighted by Gasteiger charge is 2.29. The number of ether oxygens (including phenoxy) is 2. The number of H-pyrrole nitrogens is 1. The second kappa shape index (κ2) is 8.03. The zero-order chi connectivity index (χ0) is 18.7. The van der Waals surface area contributed by atoms with Crippen molar-refractivity contribution in [3.63, 3.8) is 0 Å². The molecule has 2 aromatic rings. The summed E-state index contributed by atoms with van der Waals surface area (Å²) >= 11 is 17.4. The van der Waals surface area contributed by atoms with Gasteiger partial charge in [-0.1, -0.05) is 36.2 Å². The lowest BCUT2D eigenvalue weighted by atomic mass is 10.0. The molecular formula is C16H16Cl2N2O4S. The van der Waals surface area contributed by atoms with Crippen LogP contribution in [0.3, 0.4) is 0 Å². The van der Waals surface area contributed by atoms with Crippen LogP contribution < -0.4 is 0 Å². The van der Waals surface area contributed by atoms with Crippen molar-refractivity contribution in [3.8, 4) is 0 Å². The lowest BCUT2D eigenvalue weighted by Gasteiger charge is -2.20. The summed E-state index contributed by atoms with van der Waals surface area (Å²) in [5.41, 5.74) is 0.726. The van der Waals surface area contributed by atoms with Crippen molar-refractivity contribution in [1.29, 1.82) is 0 Å². The van der Waals surface area contributed by atoms with Gasteiger partial charge < -0.3 is 19.0 Å². The Morgan fingerprint density at radius 2 is 1.84 bits per heavy atom. The molecule has 0 aliphatic carbocycles. The van der Waals surface area contributed by atoms with Gasteiger partial charge in [-0.15, -0.1) is 0 Å². The number of nitrogens with zero attached hydrogens (tertiary/aromatic N) is 1. The van der Waals surface area contributed by atoms with Crippen LogP contribution in [0.25, 0.3) is 0 Å². The Hall–Kier alpha value is -1.83. The van der Waals surface area contributed by atoms with E-state index >= 15 is 0 Å². The summed E-state index contributed by atoms with van der Waals surface area (Å²) < 4.78 is 11.3. The molecule has 1 atom stereocenters. The van der Waals surface area contributed by atoms with Gasteiger partial charge in [0.2, 0.25) is 0 Å². The Balaban J connectivity index is 2.72. The maximum atomic E-state index is 12.3. The van der Waals surface area contributed by atoms with Gasteiger partial charge in [0.1, 0.15) is 0 Å². The zero-order valence-electron chi connectivity index (χ0n) is 13.8. The number of nitrogens with one attached hydrogen (secondary N) is 1. The third kappa shape index (κ3) is 3.73. The van der Waals surface area contributed by atoms with E-state index in [4.69, 9.17) is 44.9 Å². The van der Waals surface area contributed by atoms with Crippen molar-refractivity contribution < 1.29 is 19.1 Å². The first-order chi connectivity index (χ1) is 11.8. The fourth-order valence-corrected chi connectivity index (χ4v) is 3.21. The number of hydrogen-bond acceptors (Lipinski definition) is 5. The molecule has 2 rings (SSSR count). The lowest BCUT2D eigenvalue weighted by Crippen LogP contribution is -2.20. The minimum absolute atomic E-state index is 0.00253. The highest BCUT2D eigenvalue weighted by atomic mass is 35.5. The summed E-state index contributed by atoms with van der Waals surface area (Å²) in [5.74, 6) is -1.42. The van der Waals surface area contributed by atoms with E-state index in [0.717, 1.165) is 5.56 Å². The number of methoxy groups -OCH3 is 2. The number of carbonyl (C=O) groups excluding carboxylic acids is 2. The monoisotopic (exact) mass is 402 g/mol. The van der Waals surface area contributed by atoms with E-state index in [1.165, 1.54) is 18.8 Å². The Bertz CT molecular complexity index is 876. The van der Waals surface area contributed by atoms with Gasteiger partial charge in [-0.3, -0.25) is 0 Å². The molecule has 0 radical (unpaired) electrons. The van der Waals surface area contributed by atoms with E-state index in [1.54, 1.807) is 18.2 Å². The predicted molar refractivity (Wildman–Crippen MR) is 97.2 cm³/mol. The van der Waals surface area contributed by atoms with E-state index < -0.39 is 11.9 Å². The van der Waals surface area contributed by atoms with Gasteiger partial charge in [0.15, 0.2) is 16.2 Å². The fourth-order valence-electron chi connectivity index (χ4n) is 2.58. The second-order valence-corrected chi connectivity index (χ2v) is 6.31. The van der Waals surface area contributed by atoms with Crippen LogP contribution >= 0.6 is 35.4 Å². The summed E-state index contributed by atoms with van der Waals surface area (Å²) in [6.07, 6.45) is 0.578. The number of hydrogen-bond donors (Lipinski definition) is 1. The average molecular weight is 403 g/mol. The zero-order valence-corrected chi connectivity index (χ0v) is 16.1. The summed E-state index contributed by atoms with van der Waals surface area (Å²) in [6.45, 7) is 1.92. The third-order valence-electron chi connectivity index (χ3n) is 3.72. The van der Waals surface area contributed by atoms with Gasteiger partial charge in [0, 0.05) is 0 Å². The first-order valence-electron chi connectivity index (χ1n) is 7.31. The lowest BCUT2D eigenvalue weighted by molar-refractivity contribution is 0.0542. The predicted octanol–water partition coefficient (Wildman–Crippen LogP) is 4.43. The number of esters is 2. The van der Waals surface area contributed by atoms with Gasteiger partial charge in [-0.05, 0) is 36.3 Å². The van der Waals surface area contributed by atoms with Crippen molar-refractivity contribution in [2.45, 2.75) is 19.4 Å².